The molecule has 1 amide bonds. The van der Waals surface area contributed by atoms with Gasteiger partial charge in [0.05, 0.1) is 5.56 Å². The Morgan fingerprint density at radius 1 is 1.08 bits per heavy atom. The summed E-state index contributed by atoms with van der Waals surface area (Å²) in [6, 6.07) is 15.7. The zero-order chi connectivity index (χ0) is 18.2. The minimum absolute atomic E-state index is 0.0638. The number of hydrogen-bond donors (Lipinski definition) is 2. The zero-order valence-corrected chi connectivity index (χ0v) is 14.4. The second-order valence-electron chi connectivity index (χ2n) is 5.86. The van der Waals surface area contributed by atoms with E-state index in [1.807, 2.05) is 30.3 Å². The highest BCUT2D eigenvalue weighted by Gasteiger charge is 2.20. The molecule has 0 radical (unpaired) electrons. The first-order valence-corrected chi connectivity index (χ1v) is 8.34. The van der Waals surface area contributed by atoms with Crippen molar-refractivity contribution < 1.29 is 19.4 Å². The van der Waals surface area contributed by atoms with Crippen molar-refractivity contribution in [2.45, 2.75) is 32.3 Å². The smallest absolute Gasteiger partial charge is 0.338 e. The molecule has 0 saturated carbocycles. The molecule has 5 heteroatoms. The zero-order valence-electron chi connectivity index (χ0n) is 14.4. The van der Waals surface area contributed by atoms with Crippen LogP contribution in [0.15, 0.2) is 54.6 Å². The van der Waals surface area contributed by atoms with E-state index in [0.717, 1.165) is 6.42 Å². The summed E-state index contributed by atoms with van der Waals surface area (Å²) in [6.45, 7) is 4.09. The lowest BCUT2D eigenvalue weighted by atomic mass is 9.96. The summed E-state index contributed by atoms with van der Waals surface area (Å²) in [7, 11) is 0. The van der Waals surface area contributed by atoms with Gasteiger partial charge in [-0.15, -0.1) is 0 Å². The minimum Gasteiger partial charge on any atom is -0.508 e. The molecule has 0 heterocycles. The number of amides is 1. The molecule has 0 aromatic heterocycles. The van der Waals surface area contributed by atoms with Crippen LogP contribution in [0.4, 0.5) is 0 Å². The van der Waals surface area contributed by atoms with Gasteiger partial charge in [0.15, 0.2) is 6.10 Å². The fraction of sp³-hybridized carbons (Fsp3) is 0.300. The third-order valence-corrected chi connectivity index (χ3v) is 4.04. The normalized spacial score (nSPS) is 12.9. The van der Waals surface area contributed by atoms with Crippen LogP contribution in [-0.2, 0) is 9.53 Å². The number of phenols is 1. The fourth-order valence-corrected chi connectivity index (χ4v) is 2.47. The third-order valence-electron chi connectivity index (χ3n) is 4.04. The first kappa shape index (κ1) is 18.5. The Hall–Kier alpha value is -2.82. The van der Waals surface area contributed by atoms with E-state index in [1.54, 1.807) is 0 Å². The Morgan fingerprint density at radius 2 is 1.72 bits per heavy atom. The molecule has 25 heavy (non-hydrogen) atoms. The molecule has 2 aromatic carbocycles. The predicted molar refractivity (Wildman–Crippen MR) is 95.5 cm³/mol. The molecule has 2 rings (SSSR count). The highest BCUT2D eigenvalue weighted by Crippen LogP contribution is 2.18. The first-order valence-electron chi connectivity index (χ1n) is 8.34. The Bertz CT molecular complexity index is 697. The largest absolute Gasteiger partial charge is 0.508 e. The monoisotopic (exact) mass is 341 g/mol. The summed E-state index contributed by atoms with van der Waals surface area (Å²) >= 11 is 0. The van der Waals surface area contributed by atoms with Crippen molar-refractivity contribution in [2.24, 2.45) is 0 Å². The van der Waals surface area contributed by atoms with Crippen molar-refractivity contribution in [3.05, 3.63) is 65.7 Å². The highest BCUT2D eigenvalue weighted by atomic mass is 16.5. The van der Waals surface area contributed by atoms with Crippen LogP contribution in [0.25, 0.3) is 0 Å². The van der Waals surface area contributed by atoms with Gasteiger partial charge in [-0.25, -0.2) is 4.79 Å². The van der Waals surface area contributed by atoms with Gasteiger partial charge in [0.1, 0.15) is 5.75 Å². The van der Waals surface area contributed by atoms with E-state index in [4.69, 9.17) is 4.74 Å². The number of esters is 1. The SMILES string of the molecule is CC[C@@H](CNC(=O)[C@@H](C)OC(=O)c1ccc(O)cc1)c1ccccc1. The molecule has 2 aromatic rings. The van der Waals surface area contributed by atoms with Gasteiger partial charge in [0.25, 0.3) is 5.91 Å². The van der Waals surface area contributed by atoms with Crippen LogP contribution >= 0.6 is 0 Å². The fourth-order valence-electron chi connectivity index (χ4n) is 2.47. The van der Waals surface area contributed by atoms with E-state index >= 15 is 0 Å². The van der Waals surface area contributed by atoms with Gasteiger partial charge in [0.2, 0.25) is 0 Å². The second-order valence-corrected chi connectivity index (χ2v) is 5.86. The molecular formula is C20H23NO4. The van der Waals surface area contributed by atoms with Crippen LogP contribution in [-0.4, -0.2) is 29.6 Å². The molecule has 0 aliphatic carbocycles. The average Bonchev–Trinajstić information content (AvgIpc) is 2.63. The molecule has 0 saturated heterocycles. The van der Waals surface area contributed by atoms with Gasteiger partial charge < -0.3 is 15.2 Å². The van der Waals surface area contributed by atoms with Gasteiger partial charge in [0, 0.05) is 12.5 Å². The number of benzene rings is 2. The molecule has 0 bridgehead atoms. The molecule has 5 nitrogen and oxygen atoms in total. The summed E-state index contributed by atoms with van der Waals surface area (Å²) in [4.78, 5) is 24.2. The van der Waals surface area contributed by atoms with Crippen molar-refractivity contribution in [3.63, 3.8) is 0 Å². The molecular weight excluding hydrogens is 318 g/mol. The maximum atomic E-state index is 12.2. The van der Waals surface area contributed by atoms with Gasteiger partial charge in [-0.2, -0.15) is 0 Å². The molecule has 0 spiro atoms. The summed E-state index contributed by atoms with van der Waals surface area (Å²) in [5.74, 6) is -0.654. The van der Waals surface area contributed by atoms with Crippen molar-refractivity contribution >= 4 is 11.9 Å². The highest BCUT2D eigenvalue weighted by molar-refractivity contribution is 5.92. The summed E-state index contributed by atoms with van der Waals surface area (Å²) in [6.07, 6.45) is 0.000907. The standard InChI is InChI=1S/C20H23NO4/c1-3-15(16-7-5-4-6-8-16)13-21-19(23)14(2)25-20(24)17-9-11-18(22)12-10-17/h4-12,14-15,22H,3,13H2,1-2H3,(H,21,23)/t14-,15+/m1/s1. The number of aromatic hydroxyl groups is 1. The van der Waals surface area contributed by atoms with Crippen LogP contribution in [0.2, 0.25) is 0 Å². The maximum absolute atomic E-state index is 12.2. The Balaban J connectivity index is 1.87. The third kappa shape index (κ3) is 5.35. The van der Waals surface area contributed by atoms with E-state index in [-0.39, 0.29) is 23.1 Å². The van der Waals surface area contributed by atoms with E-state index in [9.17, 15) is 14.7 Å². The van der Waals surface area contributed by atoms with E-state index in [1.165, 1.54) is 36.8 Å². The lowest BCUT2D eigenvalue weighted by Crippen LogP contribution is -2.38. The molecule has 2 N–H and O–H groups in total. The molecule has 0 fully saturated rings. The van der Waals surface area contributed by atoms with Crippen LogP contribution in [0.3, 0.4) is 0 Å². The molecule has 132 valence electrons. The van der Waals surface area contributed by atoms with Crippen molar-refractivity contribution in [2.75, 3.05) is 6.54 Å². The average molecular weight is 341 g/mol. The first-order chi connectivity index (χ1) is 12.0. The summed E-state index contributed by atoms with van der Waals surface area (Å²) in [5.41, 5.74) is 1.45. The Morgan fingerprint density at radius 3 is 2.32 bits per heavy atom. The van der Waals surface area contributed by atoms with Crippen molar-refractivity contribution in [1.82, 2.24) is 5.32 Å². The van der Waals surface area contributed by atoms with Gasteiger partial charge in [-0.3, -0.25) is 4.79 Å². The van der Waals surface area contributed by atoms with Crippen LogP contribution < -0.4 is 5.32 Å². The number of carbonyl (C=O) groups is 2. The quantitative estimate of drug-likeness (QED) is 0.758. The molecule has 0 aliphatic heterocycles. The molecule has 0 aliphatic rings. The number of nitrogens with one attached hydrogen (secondary N) is 1. The number of hydrogen-bond acceptors (Lipinski definition) is 4. The van der Waals surface area contributed by atoms with Gasteiger partial charge in [-0.05, 0) is 43.2 Å². The van der Waals surface area contributed by atoms with Gasteiger partial charge >= 0.3 is 5.97 Å². The summed E-state index contributed by atoms with van der Waals surface area (Å²) < 4.78 is 5.18. The number of ether oxygens (including phenoxy) is 1. The van der Waals surface area contributed by atoms with Crippen molar-refractivity contribution in [3.8, 4) is 5.75 Å². The molecule has 2 atom stereocenters. The van der Waals surface area contributed by atoms with Crippen LogP contribution in [0.5, 0.6) is 5.75 Å². The number of rotatable bonds is 7. The maximum Gasteiger partial charge on any atom is 0.338 e. The summed E-state index contributed by atoms with van der Waals surface area (Å²) in [5, 5.41) is 12.1. The Kier molecular flexibility index (Phi) is 6.57. The number of phenolic OH excluding ortho intramolecular Hbond substituents is 1. The Labute approximate surface area is 147 Å². The van der Waals surface area contributed by atoms with Crippen LogP contribution in [0.1, 0.15) is 42.1 Å². The molecule has 0 unspecified atom stereocenters. The topological polar surface area (TPSA) is 75.6 Å². The van der Waals surface area contributed by atoms with E-state index < -0.39 is 12.1 Å². The van der Waals surface area contributed by atoms with Crippen LogP contribution in [0, 0.1) is 0 Å². The lowest BCUT2D eigenvalue weighted by Gasteiger charge is -2.18. The lowest BCUT2D eigenvalue weighted by molar-refractivity contribution is -0.129. The van der Waals surface area contributed by atoms with Crippen molar-refractivity contribution in [1.29, 1.82) is 0 Å². The second kappa shape index (κ2) is 8.87. The van der Waals surface area contributed by atoms with E-state index in [0.29, 0.717) is 6.54 Å². The number of carbonyl (C=O) groups excluding carboxylic acids is 2. The van der Waals surface area contributed by atoms with E-state index in [2.05, 4.69) is 12.2 Å². The van der Waals surface area contributed by atoms with Gasteiger partial charge in [-0.1, -0.05) is 37.3 Å². The minimum atomic E-state index is -0.894. The predicted octanol–water partition coefficient (Wildman–Crippen LogP) is 3.25.